The van der Waals surface area contributed by atoms with Gasteiger partial charge in [-0.05, 0) is 31.2 Å². The number of carbonyl (C=O) groups excluding carboxylic acids is 1. The second-order valence-electron chi connectivity index (χ2n) is 7.24. The number of furan rings is 1. The number of fused-ring (bicyclic) bond motifs is 1. The fraction of sp³-hybridized carbons (Fsp3) is 0.125. The number of thiazole rings is 1. The summed E-state index contributed by atoms with van der Waals surface area (Å²) in [4.78, 5) is 17.8. The highest BCUT2D eigenvalue weighted by molar-refractivity contribution is 7.12. The maximum Gasteiger partial charge on any atom is 0.260 e. The van der Waals surface area contributed by atoms with Gasteiger partial charge in [0.25, 0.3) is 5.91 Å². The van der Waals surface area contributed by atoms with Crippen LogP contribution in [0.25, 0.3) is 27.6 Å². The molecule has 0 aliphatic rings. The van der Waals surface area contributed by atoms with Crippen LogP contribution in [0.1, 0.15) is 16.1 Å². The summed E-state index contributed by atoms with van der Waals surface area (Å²) >= 11 is 1.40. The second kappa shape index (κ2) is 8.44. The molecule has 0 fully saturated rings. The first-order valence-electron chi connectivity index (χ1n) is 10.1. The number of benzene rings is 2. The molecule has 8 nitrogen and oxygen atoms in total. The SMILES string of the molecule is COc1cccc(C(=O)Nc2cc(C)nn2-c2nc(-c3cc4ccccc4o3)cs2)c1OC. The van der Waals surface area contributed by atoms with E-state index in [1.165, 1.54) is 25.6 Å². The van der Waals surface area contributed by atoms with Crippen LogP contribution in [-0.4, -0.2) is 34.9 Å². The lowest BCUT2D eigenvalue weighted by Gasteiger charge is -2.12. The average Bonchev–Trinajstić information content (AvgIpc) is 3.56. The van der Waals surface area contributed by atoms with Crippen LogP contribution < -0.4 is 14.8 Å². The largest absolute Gasteiger partial charge is 0.493 e. The van der Waals surface area contributed by atoms with Crippen LogP contribution in [0.15, 0.2) is 64.4 Å². The molecule has 5 aromatic rings. The minimum Gasteiger partial charge on any atom is -0.493 e. The van der Waals surface area contributed by atoms with Gasteiger partial charge in [-0.1, -0.05) is 24.3 Å². The van der Waals surface area contributed by atoms with E-state index < -0.39 is 0 Å². The number of para-hydroxylation sites is 2. The molecule has 0 spiro atoms. The summed E-state index contributed by atoms with van der Waals surface area (Å²) in [6.45, 7) is 1.85. The first-order chi connectivity index (χ1) is 16.1. The molecule has 9 heteroatoms. The summed E-state index contributed by atoms with van der Waals surface area (Å²) < 4.78 is 18.2. The fourth-order valence-corrected chi connectivity index (χ4v) is 4.34. The van der Waals surface area contributed by atoms with Gasteiger partial charge in [0, 0.05) is 16.8 Å². The van der Waals surface area contributed by atoms with Gasteiger partial charge in [0.2, 0.25) is 5.13 Å². The lowest BCUT2D eigenvalue weighted by atomic mass is 10.1. The highest BCUT2D eigenvalue weighted by atomic mass is 32.1. The predicted molar refractivity (Wildman–Crippen MR) is 127 cm³/mol. The minimum absolute atomic E-state index is 0.346. The lowest BCUT2D eigenvalue weighted by Crippen LogP contribution is -2.16. The molecule has 0 saturated carbocycles. The van der Waals surface area contributed by atoms with E-state index in [1.54, 1.807) is 28.9 Å². The second-order valence-corrected chi connectivity index (χ2v) is 8.08. The lowest BCUT2D eigenvalue weighted by molar-refractivity contribution is 0.102. The zero-order valence-corrected chi connectivity index (χ0v) is 19.0. The number of methoxy groups -OCH3 is 2. The molecule has 0 unspecified atom stereocenters. The Morgan fingerprint density at radius 3 is 2.73 bits per heavy atom. The molecule has 33 heavy (non-hydrogen) atoms. The monoisotopic (exact) mass is 460 g/mol. The molecule has 0 radical (unpaired) electrons. The van der Waals surface area contributed by atoms with E-state index in [-0.39, 0.29) is 5.91 Å². The van der Waals surface area contributed by atoms with Gasteiger partial charge in [0.1, 0.15) is 17.1 Å². The van der Waals surface area contributed by atoms with Gasteiger partial charge in [-0.3, -0.25) is 4.79 Å². The normalized spacial score (nSPS) is 11.0. The van der Waals surface area contributed by atoms with Crippen LogP contribution in [0.3, 0.4) is 0 Å². The third-order valence-corrected chi connectivity index (χ3v) is 5.89. The van der Waals surface area contributed by atoms with E-state index >= 15 is 0 Å². The smallest absolute Gasteiger partial charge is 0.260 e. The van der Waals surface area contributed by atoms with Crippen LogP contribution in [-0.2, 0) is 0 Å². The first-order valence-corrected chi connectivity index (χ1v) is 11.0. The van der Waals surface area contributed by atoms with Crippen LogP contribution in [0.4, 0.5) is 5.82 Å². The van der Waals surface area contributed by atoms with Gasteiger partial charge in [-0.15, -0.1) is 11.3 Å². The molecular formula is C24H20N4O4S. The molecule has 0 aliphatic carbocycles. The van der Waals surface area contributed by atoms with Crippen molar-refractivity contribution in [1.29, 1.82) is 0 Å². The summed E-state index contributed by atoms with van der Waals surface area (Å²) in [7, 11) is 3.03. The summed E-state index contributed by atoms with van der Waals surface area (Å²) in [5.41, 5.74) is 2.59. The average molecular weight is 461 g/mol. The highest BCUT2D eigenvalue weighted by Gasteiger charge is 2.20. The Balaban J connectivity index is 1.46. The van der Waals surface area contributed by atoms with E-state index in [2.05, 4.69) is 10.4 Å². The van der Waals surface area contributed by atoms with Crippen molar-refractivity contribution in [1.82, 2.24) is 14.8 Å². The molecule has 1 N–H and O–H groups in total. The van der Waals surface area contributed by atoms with E-state index in [9.17, 15) is 4.79 Å². The Labute approximate surface area is 193 Å². The van der Waals surface area contributed by atoms with Crippen molar-refractivity contribution in [2.75, 3.05) is 19.5 Å². The quantitative estimate of drug-likeness (QED) is 0.369. The Morgan fingerprint density at radius 1 is 1.09 bits per heavy atom. The van der Waals surface area contributed by atoms with Gasteiger partial charge >= 0.3 is 0 Å². The molecule has 166 valence electrons. The van der Waals surface area contributed by atoms with Crippen LogP contribution in [0.5, 0.6) is 11.5 Å². The van der Waals surface area contributed by atoms with Gasteiger partial charge < -0.3 is 19.2 Å². The Hall–Kier alpha value is -4.11. The van der Waals surface area contributed by atoms with Crippen molar-refractivity contribution in [2.45, 2.75) is 6.92 Å². The number of nitrogens with one attached hydrogen (secondary N) is 1. The van der Waals surface area contributed by atoms with Crippen LogP contribution >= 0.6 is 11.3 Å². The highest BCUT2D eigenvalue weighted by Crippen LogP contribution is 2.33. The van der Waals surface area contributed by atoms with E-state index in [0.29, 0.717) is 39.5 Å². The number of hydrogen-bond acceptors (Lipinski definition) is 7. The van der Waals surface area contributed by atoms with E-state index in [4.69, 9.17) is 18.9 Å². The third kappa shape index (κ3) is 3.83. The maximum absolute atomic E-state index is 13.1. The van der Waals surface area contributed by atoms with Gasteiger partial charge in [-0.2, -0.15) is 9.78 Å². The first kappa shape index (κ1) is 20.8. The number of rotatable bonds is 6. The molecule has 2 aromatic carbocycles. The van der Waals surface area contributed by atoms with Crippen LogP contribution in [0.2, 0.25) is 0 Å². The number of anilines is 1. The number of aromatic nitrogens is 3. The van der Waals surface area contributed by atoms with Gasteiger partial charge in [0.05, 0.1) is 25.5 Å². The molecular weight excluding hydrogens is 440 g/mol. The molecule has 0 bridgehead atoms. The topological polar surface area (TPSA) is 91.4 Å². The fourth-order valence-electron chi connectivity index (χ4n) is 3.57. The Morgan fingerprint density at radius 2 is 1.94 bits per heavy atom. The third-order valence-electron chi connectivity index (χ3n) is 5.07. The number of aryl methyl sites for hydroxylation is 1. The number of hydrogen-bond donors (Lipinski definition) is 1. The number of ether oxygens (including phenoxy) is 2. The van der Waals surface area contributed by atoms with Crippen molar-refractivity contribution < 1.29 is 18.7 Å². The number of carbonyl (C=O) groups is 1. The molecule has 5 rings (SSSR count). The molecule has 3 heterocycles. The van der Waals surface area contributed by atoms with Gasteiger partial charge in [-0.25, -0.2) is 4.98 Å². The molecule has 1 amide bonds. The summed E-state index contributed by atoms with van der Waals surface area (Å²) in [5, 5.41) is 10.9. The van der Waals surface area contributed by atoms with Crippen LogP contribution in [0, 0.1) is 6.92 Å². The van der Waals surface area contributed by atoms with Crippen molar-refractivity contribution in [3.63, 3.8) is 0 Å². The summed E-state index contributed by atoms with van der Waals surface area (Å²) in [6, 6.07) is 16.7. The molecule has 0 aliphatic heterocycles. The zero-order valence-electron chi connectivity index (χ0n) is 18.2. The van der Waals surface area contributed by atoms with E-state index in [0.717, 1.165) is 16.7 Å². The Kier molecular flexibility index (Phi) is 5.31. The van der Waals surface area contributed by atoms with Crippen molar-refractivity contribution in [3.8, 4) is 28.1 Å². The number of nitrogens with zero attached hydrogens (tertiary/aromatic N) is 3. The van der Waals surface area contributed by atoms with E-state index in [1.807, 2.05) is 42.6 Å². The van der Waals surface area contributed by atoms with Crippen molar-refractivity contribution >= 4 is 34.0 Å². The number of amides is 1. The zero-order chi connectivity index (χ0) is 22.9. The summed E-state index contributed by atoms with van der Waals surface area (Å²) in [6.07, 6.45) is 0. The maximum atomic E-state index is 13.1. The standard InChI is InChI=1S/C24H20N4O4S/c1-14-11-21(26-23(29)16-8-6-10-19(30-2)22(16)31-3)28(27-14)24-25-17(13-33-24)20-12-15-7-4-5-9-18(15)32-20/h4-13H,1-3H3,(H,26,29). The van der Waals surface area contributed by atoms with Crippen molar-refractivity contribution in [2.24, 2.45) is 0 Å². The summed E-state index contributed by atoms with van der Waals surface area (Å²) in [5.74, 6) is 1.66. The predicted octanol–water partition coefficient (Wildman–Crippen LogP) is 5.32. The van der Waals surface area contributed by atoms with Crippen molar-refractivity contribution in [3.05, 3.63) is 71.2 Å². The van der Waals surface area contributed by atoms with Gasteiger partial charge in [0.15, 0.2) is 17.3 Å². The molecule has 0 saturated heterocycles. The minimum atomic E-state index is -0.346. The Bertz CT molecular complexity index is 1430. The molecule has 0 atom stereocenters. The molecule has 3 aromatic heterocycles.